The van der Waals surface area contributed by atoms with Crippen LogP contribution in [0.25, 0.3) is 16.6 Å². The lowest BCUT2D eigenvalue weighted by atomic mass is 10.2. The minimum absolute atomic E-state index is 0.0178. The van der Waals surface area contributed by atoms with E-state index in [2.05, 4.69) is 20.3 Å². The van der Waals surface area contributed by atoms with E-state index >= 15 is 0 Å². The van der Waals surface area contributed by atoms with E-state index in [0.29, 0.717) is 16.7 Å². The summed E-state index contributed by atoms with van der Waals surface area (Å²) >= 11 is 6.16. The van der Waals surface area contributed by atoms with Crippen molar-refractivity contribution in [1.29, 1.82) is 5.26 Å². The van der Waals surface area contributed by atoms with Crippen LogP contribution >= 0.6 is 11.6 Å². The molecule has 8 nitrogen and oxygen atoms in total. The van der Waals surface area contributed by atoms with Gasteiger partial charge in [-0.05, 0) is 19.1 Å². The highest BCUT2D eigenvalue weighted by Crippen LogP contribution is 2.27. The van der Waals surface area contributed by atoms with Crippen LogP contribution in [0.5, 0.6) is 0 Å². The Morgan fingerprint density at radius 2 is 1.91 bits per heavy atom. The molecule has 166 valence electrons. The van der Waals surface area contributed by atoms with Crippen LogP contribution in [0.1, 0.15) is 24.4 Å². The van der Waals surface area contributed by atoms with Crippen molar-refractivity contribution in [2.24, 2.45) is 0 Å². The van der Waals surface area contributed by atoms with E-state index in [4.69, 9.17) is 17.3 Å². The van der Waals surface area contributed by atoms with Gasteiger partial charge in [0, 0.05) is 12.1 Å². The van der Waals surface area contributed by atoms with Gasteiger partial charge < -0.3 is 11.1 Å². The lowest BCUT2D eigenvalue weighted by molar-refractivity contribution is 0.527. The Morgan fingerprint density at radius 1 is 1.21 bits per heavy atom. The van der Waals surface area contributed by atoms with Crippen molar-refractivity contribution in [2.45, 2.75) is 13.0 Å². The molecule has 2 aromatic heterocycles. The second-order valence-corrected chi connectivity index (χ2v) is 7.34. The number of benzene rings is 2. The maximum Gasteiger partial charge on any atom is 0.267 e. The van der Waals surface area contributed by atoms with Gasteiger partial charge in [-0.25, -0.2) is 23.1 Å². The molecule has 4 rings (SSSR count). The van der Waals surface area contributed by atoms with Crippen LogP contribution in [0, 0.1) is 28.8 Å². The van der Waals surface area contributed by atoms with Crippen LogP contribution in [0.3, 0.4) is 0 Å². The zero-order valence-electron chi connectivity index (χ0n) is 16.8. The fourth-order valence-electron chi connectivity index (χ4n) is 3.32. The van der Waals surface area contributed by atoms with Gasteiger partial charge in [-0.3, -0.25) is 9.36 Å². The third-order valence-electron chi connectivity index (χ3n) is 4.75. The Balaban J connectivity index is 2.01. The van der Waals surface area contributed by atoms with E-state index < -0.39 is 34.7 Å². The number of nitrogens with zero attached hydrogens (tertiary/aromatic N) is 5. The Labute approximate surface area is 189 Å². The molecule has 4 aromatic rings. The standard InChI is InChI=1S/C21H13ClF3N7O/c1-9(29-18-10(7-26)8-28-21(27)31-18)19-30-15-4-2-3-12(22)16(15)20(33)32(19)17-13(24)5-11(23)6-14(17)25/h2-6,8-9H,1H3,(H3,27,28,29,31). The molecule has 0 saturated carbocycles. The van der Waals surface area contributed by atoms with Crippen LogP contribution < -0.4 is 16.6 Å². The van der Waals surface area contributed by atoms with Crippen LogP contribution in [0.2, 0.25) is 5.02 Å². The Kier molecular flexibility index (Phi) is 5.61. The second-order valence-electron chi connectivity index (χ2n) is 6.93. The first-order chi connectivity index (χ1) is 15.7. The van der Waals surface area contributed by atoms with Gasteiger partial charge in [0.2, 0.25) is 5.95 Å². The third-order valence-corrected chi connectivity index (χ3v) is 5.06. The summed E-state index contributed by atoms with van der Waals surface area (Å²) in [5.41, 5.74) is 4.09. The van der Waals surface area contributed by atoms with Crippen molar-refractivity contribution in [3.63, 3.8) is 0 Å². The predicted octanol–water partition coefficient (Wildman–Crippen LogP) is 3.87. The maximum atomic E-state index is 14.7. The molecule has 2 heterocycles. The number of nitriles is 1. The minimum Gasteiger partial charge on any atom is -0.368 e. The monoisotopic (exact) mass is 471 g/mol. The second kappa shape index (κ2) is 8.40. The van der Waals surface area contributed by atoms with Crippen molar-refractivity contribution in [2.75, 3.05) is 11.1 Å². The van der Waals surface area contributed by atoms with E-state index in [1.807, 2.05) is 6.07 Å². The van der Waals surface area contributed by atoms with Gasteiger partial charge in [-0.15, -0.1) is 0 Å². The van der Waals surface area contributed by atoms with Crippen molar-refractivity contribution in [3.8, 4) is 11.8 Å². The number of rotatable bonds is 4. The van der Waals surface area contributed by atoms with Crippen molar-refractivity contribution >= 4 is 34.3 Å². The van der Waals surface area contributed by atoms with E-state index in [9.17, 15) is 23.2 Å². The van der Waals surface area contributed by atoms with Gasteiger partial charge >= 0.3 is 0 Å². The summed E-state index contributed by atoms with van der Waals surface area (Å²) < 4.78 is 43.6. The summed E-state index contributed by atoms with van der Waals surface area (Å²) in [5.74, 6) is -4.06. The number of aromatic nitrogens is 4. The minimum atomic E-state index is -1.32. The molecule has 0 fully saturated rings. The number of nitrogens with two attached hydrogens (primary N) is 1. The van der Waals surface area contributed by atoms with Gasteiger partial charge in [0.25, 0.3) is 5.56 Å². The smallest absolute Gasteiger partial charge is 0.267 e. The number of halogens is 4. The van der Waals surface area contributed by atoms with E-state index in [1.54, 1.807) is 6.07 Å². The van der Waals surface area contributed by atoms with Crippen molar-refractivity contribution in [1.82, 2.24) is 19.5 Å². The van der Waals surface area contributed by atoms with Crippen molar-refractivity contribution < 1.29 is 13.2 Å². The third kappa shape index (κ3) is 3.92. The van der Waals surface area contributed by atoms with E-state index in [1.165, 1.54) is 25.3 Å². The number of anilines is 2. The molecule has 0 saturated heterocycles. The first-order valence-corrected chi connectivity index (χ1v) is 9.74. The molecule has 0 spiro atoms. The van der Waals surface area contributed by atoms with E-state index in [-0.39, 0.29) is 39.1 Å². The molecule has 3 N–H and O–H groups in total. The highest BCUT2D eigenvalue weighted by Gasteiger charge is 2.25. The fraction of sp³-hybridized carbons (Fsp3) is 0.0952. The predicted molar refractivity (Wildman–Crippen MR) is 115 cm³/mol. The number of nitrogen functional groups attached to an aromatic ring is 1. The first-order valence-electron chi connectivity index (χ1n) is 9.36. The highest BCUT2D eigenvalue weighted by atomic mass is 35.5. The Morgan fingerprint density at radius 3 is 2.58 bits per heavy atom. The molecular weight excluding hydrogens is 459 g/mol. The molecule has 0 amide bonds. The molecule has 2 aromatic carbocycles. The Hall–Kier alpha value is -4.17. The molecule has 33 heavy (non-hydrogen) atoms. The number of nitrogens with one attached hydrogen (secondary N) is 1. The average Bonchev–Trinajstić information content (AvgIpc) is 2.74. The average molecular weight is 472 g/mol. The molecule has 0 radical (unpaired) electrons. The van der Waals surface area contributed by atoms with Crippen LogP contribution in [0.4, 0.5) is 24.9 Å². The lowest BCUT2D eigenvalue weighted by Crippen LogP contribution is -2.29. The van der Waals surface area contributed by atoms with Gasteiger partial charge in [0.05, 0.1) is 28.2 Å². The fourth-order valence-corrected chi connectivity index (χ4v) is 3.57. The molecule has 1 atom stereocenters. The number of hydrogen-bond donors (Lipinski definition) is 2. The largest absolute Gasteiger partial charge is 0.368 e. The quantitative estimate of drug-likeness (QED) is 0.463. The van der Waals surface area contributed by atoms with Crippen LogP contribution in [-0.2, 0) is 0 Å². The van der Waals surface area contributed by atoms with Crippen LogP contribution in [0.15, 0.2) is 41.3 Å². The highest BCUT2D eigenvalue weighted by molar-refractivity contribution is 6.35. The summed E-state index contributed by atoms with van der Waals surface area (Å²) in [6, 6.07) is 6.33. The topological polar surface area (TPSA) is 123 Å². The molecule has 1 unspecified atom stereocenters. The summed E-state index contributed by atoms with van der Waals surface area (Å²) in [4.78, 5) is 25.5. The Bertz CT molecular complexity index is 1490. The molecular formula is C21H13ClF3N7O. The van der Waals surface area contributed by atoms with Gasteiger partial charge in [-0.1, -0.05) is 17.7 Å². The van der Waals surface area contributed by atoms with Crippen molar-refractivity contribution in [3.05, 3.63) is 80.7 Å². The number of fused-ring (bicyclic) bond motifs is 1. The molecule has 0 aliphatic rings. The zero-order valence-corrected chi connectivity index (χ0v) is 17.5. The maximum absolute atomic E-state index is 14.7. The van der Waals surface area contributed by atoms with E-state index in [0.717, 1.165) is 0 Å². The number of hydrogen-bond acceptors (Lipinski definition) is 7. The van der Waals surface area contributed by atoms with Gasteiger partial charge in [0.15, 0.2) is 11.6 Å². The molecule has 0 bridgehead atoms. The summed E-state index contributed by atoms with van der Waals surface area (Å²) in [6.45, 7) is 1.52. The summed E-state index contributed by atoms with van der Waals surface area (Å²) in [6.07, 6.45) is 1.19. The molecule has 0 aliphatic heterocycles. The lowest BCUT2D eigenvalue weighted by Gasteiger charge is -2.21. The summed E-state index contributed by atoms with van der Waals surface area (Å²) in [7, 11) is 0. The normalized spacial score (nSPS) is 11.9. The molecule has 0 aliphatic carbocycles. The SMILES string of the molecule is CC(Nc1nc(N)ncc1C#N)c1nc2cccc(Cl)c2c(=O)n1-c1c(F)cc(F)cc1F. The van der Waals surface area contributed by atoms with Gasteiger partial charge in [-0.2, -0.15) is 10.2 Å². The summed E-state index contributed by atoms with van der Waals surface area (Å²) in [5, 5.41) is 12.1. The zero-order chi connectivity index (χ0) is 23.9. The first kappa shape index (κ1) is 22.0. The van der Waals surface area contributed by atoms with Crippen LogP contribution in [-0.4, -0.2) is 19.5 Å². The van der Waals surface area contributed by atoms with Gasteiger partial charge in [0.1, 0.15) is 34.8 Å². The molecule has 12 heteroatoms.